The Kier molecular flexibility index (Phi) is 6.69. The van der Waals surface area contributed by atoms with Crippen molar-refractivity contribution in [2.24, 2.45) is 5.92 Å². The fourth-order valence-corrected chi connectivity index (χ4v) is 3.27. The summed E-state index contributed by atoms with van der Waals surface area (Å²) in [5.74, 6) is 3.11. The summed E-state index contributed by atoms with van der Waals surface area (Å²) in [6, 6.07) is 0.654. The molecule has 0 radical (unpaired) electrons. The van der Waals surface area contributed by atoms with Crippen LogP contribution in [0.2, 0.25) is 0 Å². The van der Waals surface area contributed by atoms with E-state index in [1.807, 2.05) is 11.8 Å². The van der Waals surface area contributed by atoms with Crippen LogP contribution in [0.15, 0.2) is 0 Å². The monoisotopic (exact) mass is 231 g/mol. The third-order valence-corrected chi connectivity index (χ3v) is 4.10. The van der Waals surface area contributed by atoms with E-state index in [1.165, 1.54) is 24.3 Å². The van der Waals surface area contributed by atoms with Crippen molar-refractivity contribution in [3.63, 3.8) is 0 Å². The van der Waals surface area contributed by atoms with E-state index in [1.54, 1.807) is 0 Å². The highest BCUT2D eigenvalue weighted by Crippen LogP contribution is 2.18. The van der Waals surface area contributed by atoms with E-state index in [-0.39, 0.29) is 0 Å². The van der Waals surface area contributed by atoms with Crippen molar-refractivity contribution >= 4 is 11.8 Å². The molecule has 1 N–H and O–H groups in total. The number of hydrogen-bond donors (Lipinski definition) is 1. The molecule has 1 saturated heterocycles. The molecule has 0 bridgehead atoms. The SMILES string of the molecule is CCNC(CSCC1CCCO1)C(C)C. The van der Waals surface area contributed by atoms with E-state index in [2.05, 4.69) is 26.1 Å². The van der Waals surface area contributed by atoms with Crippen LogP contribution in [0.1, 0.15) is 33.6 Å². The van der Waals surface area contributed by atoms with Crippen molar-refractivity contribution in [1.29, 1.82) is 0 Å². The predicted octanol–water partition coefficient (Wildman–Crippen LogP) is 2.53. The second-order valence-corrected chi connectivity index (χ2v) is 5.66. The minimum Gasteiger partial charge on any atom is -0.377 e. The quantitative estimate of drug-likeness (QED) is 0.727. The van der Waals surface area contributed by atoms with E-state index in [0.717, 1.165) is 19.1 Å². The molecule has 0 spiro atoms. The molecular formula is C12H25NOS. The van der Waals surface area contributed by atoms with Crippen molar-refractivity contribution in [3.8, 4) is 0 Å². The molecule has 1 aliphatic rings. The molecule has 1 fully saturated rings. The van der Waals surface area contributed by atoms with Crippen molar-refractivity contribution in [3.05, 3.63) is 0 Å². The van der Waals surface area contributed by atoms with Crippen LogP contribution in [0.3, 0.4) is 0 Å². The van der Waals surface area contributed by atoms with Crippen molar-refractivity contribution < 1.29 is 4.74 Å². The number of thioether (sulfide) groups is 1. The summed E-state index contributed by atoms with van der Waals surface area (Å²) in [5, 5.41) is 3.55. The minimum absolute atomic E-state index is 0.532. The summed E-state index contributed by atoms with van der Waals surface area (Å²) in [6.45, 7) is 8.81. The molecule has 0 aromatic heterocycles. The molecule has 3 heteroatoms. The Morgan fingerprint density at radius 2 is 2.27 bits per heavy atom. The second kappa shape index (κ2) is 7.53. The van der Waals surface area contributed by atoms with Gasteiger partial charge in [0, 0.05) is 24.2 Å². The predicted molar refractivity (Wildman–Crippen MR) is 68.6 cm³/mol. The lowest BCUT2D eigenvalue weighted by Crippen LogP contribution is -2.36. The smallest absolute Gasteiger partial charge is 0.0666 e. The molecule has 1 rings (SSSR count). The van der Waals surface area contributed by atoms with E-state index in [0.29, 0.717) is 12.1 Å². The number of rotatable bonds is 7. The summed E-state index contributed by atoms with van der Waals surface area (Å²) in [5.41, 5.74) is 0. The van der Waals surface area contributed by atoms with Gasteiger partial charge in [-0.2, -0.15) is 11.8 Å². The molecule has 0 amide bonds. The Balaban J connectivity index is 2.09. The Morgan fingerprint density at radius 1 is 1.47 bits per heavy atom. The van der Waals surface area contributed by atoms with Gasteiger partial charge >= 0.3 is 0 Å². The molecule has 1 heterocycles. The lowest BCUT2D eigenvalue weighted by atomic mass is 10.1. The van der Waals surface area contributed by atoms with Crippen LogP contribution in [0.4, 0.5) is 0 Å². The molecule has 0 saturated carbocycles. The van der Waals surface area contributed by atoms with Gasteiger partial charge in [-0.1, -0.05) is 20.8 Å². The second-order valence-electron chi connectivity index (χ2n) is 4.58. The summed E-state index contributed by atoms with van der Waals surface area (Å²) < 4.78 is 5.61. The third-order valence-electron chi connectivity index (χ3n) is 2.90. The average molecular weight is 231 g/mol. The van der Waals surface area contributed by atoms with Gasteiger partial charge in [0.2, 0.25) is 0 Å². The first-order valence-corrected chi connectivity index (χ1v) is 7.32. The van der Waals surface area contributed by atoms with E-state index in [9.17, 15) is 0 Å². The molecular weight excluding hydrogens is 206 g/mol. The zero-order chi connectivity index (χ0) is 11.1. The van der Waals surface area contributed by atoms with Gasteiger partial charge in [-0.15, -0.1) is 0 Å². The Labute approximate surface area is 98.5 Å². The van der Waals surface area contributed by atoms with Crippen LogP contribution in [-0.4, -0.2) is 36.8 Å². The minimum atomic E-state index is 0.532. The van der Waals surface area contributed by atoms with Crippen LogP contribution < -0.4 is 5.32 Å². The normalized spacial score (nSPS) is 23.6. The molecule has 0 aromatic carbocycles. The van der Waals surface area contributed by atoms with Gasteiger partial charge in [-0.3, -0.25) is 0 Å². The van der Waals surface area contributed by atoms with E-state index >= 15 is 0 Å². The van der Waals surface area contributed by atoms with Gasteiger partial charge in [-0.25, -0.2) is 0 Å². The summed E-state index contributed by atoms with van der Waals surface area (Å²) in [6.07, 6.45) is 3.05. The van der Waals surface area contributed by atoms with Crippen LogP contribution in [0.5, 0.6) is 0 Å². The average Bonchev–Trinajstić information content (AvgIpc) is 2.69. The van der Waals surface area contributed by atoms with E-state index in [4.69, 9.17) is 4.74 Å². The standard InChI is InChI=1S/C12H25NOS/c1-4-13-12(10(2)3)9-15-8-11-6-5-7-14-11/h10-13H,4-9H2,1-3H3. The first-order valence-electron chi connectivity index (χ1n) is 6.16. The summed E-state index contributed by atoms with van der Waals surface area (Å²) >= 11 is 2.04. The van der Waals surface area contributed by atoms with Crippen molar-refractivity contribution in [2.75, 3.05) is 24.7 Å². The van der Waals surface area contributed by atoms with Gasteiger partial charge < -0.3 is 10.1 Å². The zero-order valence-corrected chi connectivity index (χ0v) is 11.1. The summed E-state index contributed by atoms with van der Waals surface area (Å²) in [7, 11) is 0. The third kappa shape index (κ3) is 5.23. The maximum absolute atomic E-state index is 5.61. The Morgan fingerprint density at radius 3 is 2.80 bits per heavy atom. The highest BCUT2D eigenvalue weighted by atomic mass is 32.2. The molecule has 90 valence electrons. The topological polar surface area (TPSA) is 21.3 Å². The maximum Gasteiger partial charge on any atom is 0.0666 e. The highest BCUT2D eigenvalue weighted by Gasteiger charge is 2.17. The molecule has 1 aliphatic heterocycles. The highest BCUT2D eigenvalue weighted by molar-refractivity contribution is 7.99. The lowest BCUT2D eigenvalue weighted by molar-refractivity contribution is 0.129. The van der Waals surface area contributed by atoms with Crippen LogP contribution >= 0.6 is 11.8 Å². The molecule has 2 atom stereocenters. The van der Waals surface area contributed by atoms with Gasteiger partial charge in [0.1, 0.15) is 0 Å². The number of hydrogen-bond acceptors (Lipinski definition) is 3. The molecule has 2 unspecified atom stereocenters. The van der Waals surface area contributed by atoms with Gasteiger partial charge in [0.15, 0.2) is 0 Å². The summed E-state index contributed by atoms with van der Waals surface area (Å²) in [4.78, 5) is 0. The van der Waals surface area contributed by atoms with Crippen LogP contribution in [-0.2, 0) is 4.74 Å². The van der Waals surface area contributed by atoms with Crippen molar-refractivity contribution in [1.82, 2.24) is 5.32 Å². The largest absolute Gasteiger partial charge is 0.377 e. The van der Waals surface area contributed by atoms with Crippen LogP contribution in [0, 0.1) is 5.92 Å². The number of ether oxygens (including phenoxy) is 1. The van der Waals surface area contributed by atoms with Gasteiger partial charge in [-0.05, 0) is 25.3 Å². The molecule has 0 aliphatic carbocycles. The first-order chi connectivity index (χ1) is 7.24. The van der Waals surface area contributed by atoms with Crippen molar-refractivity contribution in [2.45, 2.75) is 45.8 Å². The van der Waals surface area contributed by atoms with Crippen LogP contribution in [0.25, 0.3) is 0 Å². The maximum atomic E-state index is 5.61. The molecule has 2 nitrogen and oxygen atoms in total. The molecule has 0 aromatic rings. The first kappa shape index (κ1) is 13.3. The fraction of sp³-hybridized carbons (Fsp3) is 1.00. The fourth-order valence-electron chi connectivity index (χ4n) is 1.85. The Bertz CT molecular complexity index is 158. The molecule has 15 heavy (non-hydrogen) atoms. The number of nitrogens with one attached hydrogen (secondary N) is 1. The van der Waals surface area contributed by atoms with Gasteiger partial charge in [0.05, 0.1) is 6.10 Å². The zero-order valence-electron chi connectivity index (χ0n) is 10.3. The Hall–Kier alpha value is 0.270. The van der Waals surface area contributed by atoms with Gasteiger partial charge in [0.25, 0.3) is 0 Å². The van der Waals surface area contributed by atoms with E-state index < -0.39 is 0 Å². The lowest BCUT2D eigenvalue weighted by Gasteiger charge is -2.21.